The first-order valence-electron chi connectivity index (χ1n) is 6.17. The van der Waals surface area contributed by atoms with E-state index in [1.54, 1.807) is 0 Å². The van der Waals surface area contributed by atoms with Gasteiger partial charge in [-0.25, -0.2) is 0 Å². The molecule has 15 heavy (non-hydrogen) atoms. The fourth-order valence-corrected chi connectivity index (χ4v) is 1.08. The van der Waals surface area contributed by atoms with Gasteiger partial charge in [-0.15, -0.1) is 0 Å². The average Bonchev–Trinajstić information content (AvgIpc) is 2.35. The quantitative estimate of drug-likeness (QED) is 0.740. The Labute approximate surface area is 95.3 Å². The summed E-state index contributed by atoms with van der Waals surface area (Å²) in [6, 6.07) is 0. The van der Waals surface area contributed by atoms with Crippen molar-refractivity contribution >= 4 is 7.12 Å². The Morgan fingerprint density at radius 1 is 1.13 bits per heavy atom. The van der Waals surface area contributed by atoms with Crippen LogP contribution in [0.15, 0.2) is 0 Å². The minimum Gasteiger partial charge on any atom is -0.411 e. The molecular formula is C11H27BO3. The summed E-state index contributed by atoms with van der Waals surface area (Å²) < 4.78 is 10.6. The first kappa shape index (κ1) is 17.3. The van der Waals surface area contributed by atoms with E-state index in [0.29, 0.717) is 0 Å². The van der Waals surface area contributed by atoms with Crippen molar-refractivity contribution in [3.05, 3.63) is 0 Å². The van der Waals surface area contributed by atoms with Crippen molar-refractivity contribution in [3.8, 4) is 0 Å². The van der Waals surface area contributed by atoms with Crippen LogP contribution in [0.1, 0.15) is 41.0 Å². The molecule has 1 fully saturated rings. The van der Waals surface area contributed by atoms with Crippen molar-refractivity contribution in [1.29, 1.82) is 0 Å². The van der Waals surface area contributed by atoms with Gasteiger partial charge in [0.2, 0.25) is 0 Å². The lowest BCUT2D eigenvalue weighted by atomic mass is 9.77. The normalized spacial score (nSPS) is 16.8. The second kappa shape index (κ2) is 13.9. The highest BCUT2D eigenvalue weighted by atomic mass is 16.6. The summed E-state index contributed by atoms with van der Waals surface area (Å²) in [5.41, 5.74) is 0. The zero-order chi connectivity index (χ0) is 12.1. The maximum Gasteiger partial charge on any atom is 0.457 e. The summed E-state index contributed by atoms with van der Waals surface area (Å²) in [5.74, 6) is 0.276. The summed E-state index contributed by atoms with van der Waals surface area (Å²) in [6.07, 6.45) is 1.79. The molecule has 0 aromatic carbocycles. The Balaban J connectivity index is 0. The van der Waals surface area contributed by atoms with E-state index < -0.39 is 0 Å². The van der Waals surface area contributed by atoms with Crippen LogP contribution in [0.5, 0.6) is 0 Å². The monoisotopic (exact) mass is 218 g/mol. The van der Waals surface area contributed by atoms with Gasteiger partial charge >= 0.3 is 7.12 Å². The number of hydrogen-bond acceptors (Lipinski definition) is 3. The van der Waals surface area contributed by atoms with Crippen LogP contribution in [-0.2, 0) is 9.31 Å². The first-order chi connectivity index (χ1) is 7.33. The molecule has 0 aromatic heterocycles. The number of aliphatic hydroxyl groups is 1. The van der Waals surface area contributed by atoms with E-state index in [1.807, 2.05) is 34.6 Å². The summed E-state index contributed by atoms with van der Waals surface area (Å²) in [7, 11) is -0.0779. The Morgan fingerprint density at radius 2 is 1.60 bits per heavy atom. The molecule has 0 spiro atoms. The van der Waals surface area contributed by atoms with Crippen LogP contribution in [0.3, 0.4) is 0 Å². The Kier molecular flexibility index (Phi) is 16.1. The molecule has 0 amide bonds. The molecule has 1 rings (SSSR count). The van der Waals surface area contributed by atoms with Crippen LogP contribution in [0.4, 0.5) is 0 Å². The van der Waals surface area contributed by atoms with Crippen molar-refractivity contribution in [2.45, 2.75) is 47.4 Å². The van der Waals surface area contributed by atoms with Gasteiger partial charge in [0.25, 0.3) is 0 Å². The Bertz CT molecular complexity index is 106. The van der Waals surface area contributed by atoms with Crippen molar-refractivity contribution in [1.82, 2.24) is 0 Å². The second-order valence-corrected chi connectivity index (χ2v) is 3.05. The third-order valence-corrected chi connectivity index (χ3v) is 1.80. The van der Waals surface area contributed by atoms with Crippen LogP contribution in [0, 0.1) is 5.92 Å². The standard InChI is InChI=1S/C7H15BO3.2C2H6/c1-7(6-9)5-8-10-3-2-4-11-8;2*1-2/h7,9H,2-6H2,1H3;2*1-2H3/t7-;;/m1../s1. The fourth-order valence-electron chi connectivity index (χ4n) is 1.08. The average molecular weight is 218 g/mol. The molecule has 92 valence electrons. The molecule has 0 unspecified atom stereocenters. The van der Waals surface area contributed by atoms with Gasteiger partial charge in [-0.1, -0.05) is 34.6 Å². The van der Waals surface area contributed by atoms with Gasteiger partial charge in [0.05, 0.1) is 0 Å². The lowest BCUT2D eigenvalue weighted by molar-refractivity contribution is 0.127. The van der Waals surface area contributed by atoms with Crippen LogP contribution in [-0.4, -0.2) is 32.0 Å². The Morgan fingerprint density at radius 3 is 2.00 bits per heavy atom. The van der Waals surface area contributed by atoms with Gasteiger partial charge in [-0.2, -0.15) is 0 Å². The van der Waals surface area contributed by atoms with Crippen LogP contribution in [0.25, 0.3) is 0 Å². The van der Waals surface area contributed by atoms with E-state index >= 15 is 0 Å². The van der Waals surface area contributed by atoms with E-state index in [4.69, 9.17) is 14.4 Å². The third kappa shape index (κ3) is 10.2. The molecule has 1 atom stereocenters. The predicted octanol–water partition coefficient (Wildman–Crippen LogP) is 2.59. The van der Waals surface area contributed by atoms with Crippen molar-refractivity contribution < 1.29 is 14.4 Å². The van der Waals surface area contributed by atoms with Gasteiger partial charge in [0, 0.05) is 19.8 Å². The largest absolute Gasteiger partial charge is 0.457 e. The second-order valence-electron chi connectivity index (χ2n) is 3.05. The van der Waals surface area contributed by atoms with E-state index in [-0.39, 0.29) is 19.6 Å². The van der Waals surface area contributed by atoms with Gasteiger partial charge in [-0.05, 0) is 18.7 Å². The molecule has 0 saturated carbocycles. The molecule has 3 nitrogen and oxygen atoms in total. The molecule has 1 aliphatic heterocycles. The molecule has 0 aliphatic carbocycles. The van der Waals surface area contributed by atoms with Crippen LogP contribution in [0.2, 0.25) is 6.32 Å². The number of rotatable bonds is 3. The zero-order valence-electron chi connectivity index (χ0n) is 11.0. The van der Waals surface area contributed by atoms with Gasteiger partial charge in [-0.3, -0.25) is 0 Å². The fraction of sp³-hybridized carbons (Fsp3) is 1.00. The van der Waals surface area contributed by atoms with E-state index in [2.05, 4.69) is 0 Å². The lowest BCUT2D eigenvalue weighted by Crippen LogP contribution is -2.31. The lowest BCUT2D eigenvalue weighted by Gasteiger charge is -2.21. The molecule has 1 heterocycles. The van der Waals surface area contributed by atoms with E-state index in [0.717, 1.165) is 26.0 Å². The zero-order valence-corrected chi connectivity index (χ0v) is 11.0. The van der Waals surface area contributed by atoms with Crippen molar-refractivity contribution in [3.63, 3.8) is 0 Å². The van der Waals surface area contributed by atoms with Gasteiger partial charge < -0.3 is 14.4 Å². The topological polar surface area (TPSA) is 38.7 Å². The first-order valence-corrected chi connectivity index (χ1v) is 6.17. The van der Waals surface area contributed by atoms with Crippen LogP contribution >= 0.6 is 0 Å². The van der Waals surface area contributed by atoms with Crippen molar-refractivity contribution in [2.24, 2.45) is 5.92 Å². The molecule has 4 heteroatoms. The summed E-state index contributed by atoms with van der Waals surface area (Å²) in [6.45, 7) is 11.8. The van der Waals surface area contributed by atoms with E-state index in [1.165, 1.54) is 0 Å². The molecule has 1 aliphatic rings. The molecular weight excluding hydrogens is 191 g/mol. The van der Waals surface area contributed by atoms with Crippen LogP contribution < -0.4 is 0 Å². The van der Waals surface area contributed by atoms with Crippen molar-refractivity contribution in [2.75, 3.05) is 19.8 Å². The van der Waals surface area contributed by atoms with Gasteiger partial charge in [0.1, 0.15) is 0 Å². The molecule has 0 bridgehead atoms. The highest BCUT2D eigenvalue weighted by Crippen LogP contribution is 2.11. The Hall–Kier alpha value is -0.0551. The highest BCUT2D eigenvalue weighted by molar-refractivity contribution is 6.44. The molecule has 1 saturated heterocycles. The summed E-state index contributed by atoms with van der Waals surface area (Å²) in [5, 5.41) is 8.75. The molecule has 0 aromatic rings. The number of hydrogen-bond donors (Lipinski definition) is 1. The maximum absolute atomic E-state index is 8.75. The van der Waals surface area contributed by atoms with Gasteiger partial charge in [0.15, 0.2) is 0 Å². The summed E-state index contributed by atoms with van der Waals surface area (Å²) >= 11 is 0. The minimum absolute atomic E-state index is 0.0779. The van der Waals surface area contributed by atoms with E-state index in [9.17, 15) is 0 Å². The number of aliphatic hydroxyl groups excluding tert-OH is 1. The smallest absolute Gasteiger partial charge is 0.411 e. The highest BCUT2D eigenvalue weighted by Gasteiger charge is 2.23. The molecule has 1 N–H and O–H groups in total. The minimum atomic E-state index is -0.0779. The predicted molar refractivity (Wildman–Crippen MR) is 66.0 cm³/mol. The third-order valence-electron chi connectivity index (χ3n) is 1.80. The summed E-state index contributed by atoms with van der Waals surface area (Å²) in [4.78, 5) is 0. The molecule has 0 radical (unpaired) electrons. The maximum atomic E-state index is 8.75. The SMILES string of the molecule is CC.CC.C[C@@H](CO)CB1OCCCO1.